The molecule has 3 aromatic heterocycles. The lowest BCUT2D eigenvalue weighted by atomic mass is 10.1. The van der Waals surface area contributed by atoms with Gasteiger partial charge in [-0.1, -0.05) is 44.2 Å². The number of aromatic nitrogens is 3. The van der Waals surface area contributed by atoms with Gasteiger partial charge in [-0.25, -0.2) is 9.97 Å². The van der Waals surface area contributed by atoms with Crippen LogP contribution in [0.1, 0.15) is 41.9 Å². The smallest absolute Gasteiger partial charge is 0.259 e. The van der Waals surface area contributed by atoms with Crippen LogP contribution in [0.3, 0.4) is 0 Å². The molecule has 0 aliphatic heterocycles. The van der Waals surface area contributed by atoms with Crippen LogP contribution in [-0.2, 0) is 6.42 Å². The van der Waals surface area contributed by atoms with E-state index in [0.29, 0.717) is 23.5 Å². The predicted molar refractivity (Wildman–Crippen MR) is 109 cm³/mol. The lowest BCUT2D eigenvalue weighted by molar-refractivity contribution is 0.836. The molecule has 6 heteroatoms. The summed E-state index contributed by atoms with van der Waals surface area (Å²) in [6.45, 7) is 6.26. The van der Waals surface area contributed by atoms with E-state index in [-0.39, 0.29) is 5.56 Å². The van der Waals surface area contributed by atoms with Crippen molar-refractivity contribution in [2.45, 2.75) is 33.1 Å². The van der Waals surface area contributed by atoms with E-state index in [0.717, 1.165) is 31.5 Å². The number of thiophene rings is 1. The predicted octanol–water partition coefficient (Wildman–Crippen LogP) is 5.13. The summed E-state index contributed by atoms with van der Waals surface area (Å²) in [6.07, 6.45) is 0.548. The van der Waals surface area contributed by atoms with Gasteiger partial charge in [-0.3, -0.25) is 4.79 Å². The highest BCUT2D eigenvalue weighted by Crippen LogP contribution is 2.35. The van der Waals surface area contributed by atoms with Crippen molar-refractivity contribution >= 4 is 32.9 Å². The molecule has 4 aromatic rings. The van der Waals surface area contributed by atoms with E-state index in [1.807, 2.05) is 25.1 Å². The van der Waals surface area contributed by atoms with Crippen molar-refractivity contribution in [3.05, 3.63) is 68.2 Å². The Morgan fingerprint density at radius 3 is 2.62 bits per heavy atom. The molecule has 0 saturated heterocycles. The molecule has 3 heterocycles. The minimum Gasteiger partial charge on any atom is -0.310 e. The standard InChI is InChI=1S/C20H19N3OS2/c1-11(2)19-21-14(10-25-19)9-15-22-18(24)16-12(3)17(26-20(16)23-15)13-7-5-4-6-8-13/h4-8,10-11H,9H2,1-3H3,(H,22,23,24). The fraction of sp³-hybridized carbons (Fsp3) is 0.250. The van der Waals surface area contributed by atoms with Crippen LogP contribution in [0.4, 0.5) is 0 Å². The van der Waals surface area contributed by atoms with Gasteiger partial charge in [0.15, 0.2) is 0 Å². The SMILES string of the molecule is Cc1c(-c2ccccc2)sc2nc(Cc3csc(C(C)C)n3)[nH]c(=O)c12. The van der Waals surface area contributed by atoms with E-state index in [2.05, 4.69) is 41.3 Å². The van der Waals surface area contributed by atoms with Crippen LogP contribution in [0.25, 0.3) is 20.7 Å². The Labute approximate surface area is 159 Å². The first-order valence-electron chi connectivity index (χ1n) is 8.55. The van der Waals surface area contributed by atoms with Crippen molar-refractivity contribution in [3.8, 4) is 10.4 Å². The zero-order valence-electron chi connectivity index (χ0n) is 14.9. The molecule has 0 radical (unpaired) electrons. The summed E-state index contributed by atoms with van der Waals surface area (Å²) >= 11 is 3.24. The van der Waals surface area contributed by atoms with Crippen LogP contribution in [0, 0.1) is 6.92 Å². The molecule has 0 aliphatic rings. The average Bonchev–Trinajstić information content (AvgIpc) is 3.21. The van der Waals surface area contributed by atoms with Gasteiger partial charge < -0.3 is 4.98 Å². The minimum absolute atomic E-state index is 0.0692. The highest BCUT2D eigenvalue weighted by Gasteiger charge is 2.16. The second-order valence-electron chi connectivity index (χ2n) is 6.62. The third-order valence-corrected chi connectivity index (χ3v) is 6.73. The third kappa shape index (κ3) is 3.10. The van der Waals surface area contributed by atoms with E-state index < -0.39 is 0 Å². The van der Waals surface area contributed by atoms with Gasteiger partial charge in [0, 0.05) is 22.6 Å². The van der Waals surface area contributed by atoms with Gasteiger partial charge >= 0.3 is 0 Å². The lowest BCUT2D eigenvalue weighted by Gasteiger charge is -2.00. The maximum atomic E-state index is 12.7. The minimum atomic E-state index is -0.0692. The number of aryl methyl sites for hydroxylation is 1. The van der Waals surface area contributed by atoms with Gasteiger partial charge in [-0.05, 0) is 18.1 Å². The summed E-state index contributed by atoms with van der Waals surface area (Å²) in [7, 11) is 0. The number of rotatable bonds is 4. The summed E-state index contributed by atoms with van der Waals surface area (Å²) in [6, 6.07) is 10.1. The number of H-pyrrole nitrogens is 1. The molecule has 0 atom stereocenters. The summed E-state index contributed by atoms with van der Waals surface area (Å²) in [5.74, 6) is 1.08. The summed E-state index contributed by atoms with van der Waals surface area (Å²) in [5.41, 5.74) is 3.00. The van der Waals surface area contributed by atoms with Crippen LogP contribution < -0.4 is 5.56 Å². The molecule has 1 aromatic carbocycles. The topological polar surface area (TPSA) is 58.6 Å². The van der Waals surface area contributed by atoms with Gasteiger partial charge in [-0.2, -0.15) is 0 Å². The normalized spacial score (nSPS) is 11.5. The van der Waals surface area contributed by atoms with Crippen LogP contribution in [-0.4, -0.2) is 15.0 Å². The third-order valence-electron chi connectivity index (χ3n) is 4.30. The quantitative estimate of drug-likeness (QED) is 0.533. The first-order valence-corrected chi connectivity index (χ1v) is 10.2. The number of hydrogen-bond acceptors (Lipinski definition) is 5. The van der Waals surface area contributed by atoms with Gasteiger partial charge in [0.25, 0.3) is 5.56 Å². The number of hydrogen-bond donors (Lipinski definition) is 1. The number of benzene rings is 1. The largest absolute Gasteiger partial charge is 0.310 e. The van der Waals surface area contributed by atoms with Gasteiger partial charge in [0.2, 0.25) is 0 Å². The Morgan fingerprint density at radius 2 is 1.92 bits per heavy atom. The van der Waals surface area contributed by atoms with Crippen LogP contribution in [0.2, 0.25) is 0 Å². The van der Waals surface area contributed by atoms with E-state index in [1.54, 1.807) is 22.7 Å². The van der Waals surface area contributed by atoms with Crippen molar-refractivity contribution < 1.29 is 0 Å². The Balaban J connectivity index is 1.75. The second kappa shape index (κ2) is 6.78. The van der Waals surface area contributed by atoms with E-state index in [1.165, 1.54) is 0 Å². The highest BCUT2D eigenvalue weighted by molar-refractivity contribution is 7.22. The molecule has 0 bridgehead atoms. The maximum Gasteiger partial charge on any atom is 0.259 e. The van der Waals surface area contributed by atoms with Gasteiger partial charge in [0.05, 0.1) is 16.1 Å². The Morgan fingerprint density at radius 1 is 1.15 bits per heavy atom. The monoisotopic (exact) mass is 381 g/mol. The fourth-order valence-electron chi connectivity index (χ4n) is 2.98. The lowest BCUT2D eigenvalue weighted by Crippen LogP contribution is -2.12. The molecule has 0 saturated carbocycles. The highest BCUT2D eigenvalue weighted by atomic mass is 32.1. The summed E-state index contributed by atoms with van der Waals surface area (Å²) < 4.78 is 0. The van der Waals surface area contributed by atoms with E-state index in [9.17, 15) is 4.79 Å². The molecule has 0 amide bonds. The zero-order valence-corrected chi connectivity index (χ0v) is 16.5. The van der Waals surface area contributed by atoms with Crippen LogP contribution in [0.15, 0.2) is 40.5 Å². The molecule has 26 heavy (non-hydrogen) atoms. The fourth-order valence-corrected chi connectivity index (χ4v) is 5.02. The molecular weight excluding hydrogens is 362 g/mol. The molecule has 132 valence electrons. The Bertz CT molecular complexity index is 1120. The Kier molecular flexibility index (Phi) is 4.46. The molecule has 0 unspecified atom stereocenters. The van der Waals surface area contributed by atoms with Crippen molar-refractivity contribution in [1.82, 2.24) is 15.0 Å². The van der Waals surface area contributed by atoms with Gasteiger partial charge in [0.1, 0.15) is 10.7 Å². The summed E-state index contributed by atoms with van der Waals surface area (Å²) in [4.78, 5) is 26.9. The average molecular weight is 382 g/mol. The molecule has 4 nitrogen and oxygen atoms in total. The Hall–Kier alpha value is -2.31. The number of fused-ring (bicyclic) bond motifs is 1. The number of thiazole rings is 1. The molecule has 0 fully saturated rings. The first kappa shape index (κ1) is 17.1. The van der Waals surface area contributed by atoms with E-state index in [4.69, 9.17) is 4.98 Å². The summed E-state index contributed by atoms with van der Waals surface area (Å²) in [5, 5.41) is 3.86. The first-order chi connectivity index (χ1) is 12.5. The van der Waals surface area contributed by atoms with Crippen molar-refractivity contribution in [2.24, 2.45) is 0 Å². The van der Waals surface area contributed by atoms with Crippen molar-refractivity contribution in [2.75, 3.05) is 0 Å². The van der Waals surface area contributed by atoms with Crippen molar-refractivity contribution in [1.29, 1.82) is 0 Å². The zero-order chi connectivity index (χ0) is 18.3. The van der Waals surface area contributed by atoms with Crippen molar-refractivity contribution in [3.63, 3.8) is 0 Å². The molecular formula is C20H19N3OS2. The molecule has 0 spiro atoms. The van der Waals surface area contributed by atoms with Crippen LogP contribution >= 0.6 is 22.7 Å². The van der Waals surface area contributed by atoms with Gasteiger partial charge in [-0.15, -0.1) is 22.7 Å². The molecule has 1 N–H and O–H groups in total. The number of aromatic amines is 1. The van der Waals surface area contributed by atoms with E-state index >= 15 is 0 Å². The molecule has 4 rings (SSSR count). The van der Waals surface area contributed by atoms with Crippen LogP contribution in [0.5, 0.6) is 0 Å². The second-order valence-corrected chi connectivity index (χ2v) is 8.51. The molecule has 0 aliphatic carbocycles. The maximum absolute atomic E-state index is 12.7. The number of nitrogens with one attached hydrogen (secondary N) is 1. The number of nitrogens with zero attached hydrogens (tertiary/aromatic N) is 2.